The predicted octanol–water partition coefficient (Wildman–Crippen LogP) is 5.01. The molecule has 0 heterocycles. The Balaban J connectivity index is 3.33. The smallest absolute Gasteiger partial charge is 0.0329 e. The zero-order valence-electron chi connectivity index (χ0n) is 6.50. The van der Waals surface area contributed by atoms with Gasteiger partial charge in [-0.3, -0.25) is 0 Å². The number of allylic oxidation sites excluding steroid dienone is 1. The second-order valence-corrected chi connectivity index (χ2v) is 5.09. The third-order valence-corrected chi connectivity index (χ3v) is 3.97. The fraction of sp³-hybridized carbons (Fsp3) is 0.111. The minimum Gasteiger partial charge on any atom is -0.0955 e. The lowest BCUT2D eigenvalue weighted by molar-refractivity contribution is 1.48. The van der Waals surface area contributed by atoms with Crippen molar-refractivity contribution in [3.8, 4) is 0 Å². The van der Waals surface area contributed by atoms with E-state index in [-0.39, 0.29) is 0 Å². The molecule has 12 heavy (non-hydrogen) atoms. The first-order valence-corrected chi connectivity index (χ1v) is 5.70. The number of hydrogen-bond donors (Lipinski definition) is 0. The average molecular weight is 355 g/mol. The topological polar surface area (TPSA) is 0 Å². The molecule has 0 spiro atoms. The van der Waals surface area contributed by atoms with Crippen molar-refractivity contribution in [1.29, 1.82) is 0 Å². The van der Waals surface area contributed by atoms with Gasteiger partial charge in [0.1, 0.15) is 0 Å². The van der Waals surface area contributed by atoms with Gasteiger partial charge in [-0.1, -0.05) is 22.5 Å². The molecule has 0 fully saturated rings. The Labute approximate surface area is 97.4 Å². The second-order valence-electron chi connectivity index (χ2n) is 2.53. The van der Waals surface area contributed by atoms with Crippen LogP contribution in [0.25, 0.3) is 5.57 Å². The van der Waals surface area contributed by atoms with Gasteiger partial charge in [-0.2, -0.15) is 0 Å². The third kappa shape index (κ3) is 2.21. The normalized spacial score (nSPS) is 10.0. The Morgan fingerprint density at radius 3 is 2.08 bits per heavy atom. The zero-order chi connectivity index (χ0) is 9.30. The Morgan fingerprint density at radius 1 is 1.08 bits per heavy atom. The Bertz CT molecular complexity index is 329. The monoisotopic (exact) mass is 352 g/mol. The fourth-order valence-corrected chi connectivity index (χ4v) is 2.53. The Kier molecular flexibility index (Phi) is 3.56. The molecule has 1 aromatic carbocycles. The molecule has 1 aromatic rings. The van der Waals surface area contributed by atoms with Crippen molar-refractivity contribution in [2.24, 2.45) is 0 Å². The van der Waals surface area contributed by atoms with Crippen molar-refractivity contribution in [2.45, 2.75) is 6.92 Å². The lowest BCUT2D eigenvalue weighted by atomic mass is 10.1. The van der Waals surface area contributed by atoms with Gasteiger partial charge >= 0.3 is 0 Å². The van der Waals surface area contributed by atoms with E-state index < -0.39 is 0 Å². The van der Waals surface area contributed by atoms with E-state index >= 15 is 0 Å². The summed E-state index contributed by atoms with van der Waals surface area (Å²) in [7, 11) is 0. The lowest BCUT2D eigenvalue weighted by Crippen LogP contribution is -1.82. The largest absolute Gasteiger partial charge is 0.0955 e. The van der Waals surface area contributed by atoms with Crippen LogP contribution in [0, 0.1) is 0 Å². The summed E-state index contributed by atoms with van der Waals surface area (Å²) in [5, 5.41) is 0. The molecular formula is C9H7Br3. The van der Waals surface area contributed by atoms with Gasteiger partial charge in [-0.25, -0.2) is 0 Å². The summed E-state index contributed by atoms with van der Waals surface area (Å²) in [6, 6.07) is 4.05. The molecule has 0 aliphatic carbocycles. The van der Waals surface area contributed by atoms with E-state index in [4.69, 9.17) is 0 Å². The van der Waals surface area contributed by atoms with Crippen molar-refractivity contribution in [1.82, 2.24) is 0 Å². The van der Waals surface area contributed by atoms with Crippen LogP contribution in [-0.2, 0) is 0 Å². The van der Waals surface area contributed by atoms with Crippen molar-refractivity contribution >= 4 is 53.4 Å². The molecule has 0 saturated heterocycles. The van der Waals surface area contributed by atoms with Crippen LogP contribution in [0.15, 0.2) is 32.1 Å². The molecule has 0 aliphatic rings. The summed E-state index contributed by atoms with van der Waals surface area (Å²) >= 11 is 10.3. The summed E-state index contributed by atoms with van der Waals surface area (Å²) in [5.41, 5.74) is 2.18. The first kappa shape index (κ1) is 10.5. The summed E-state index contributed by atoms with van der Waals surface area (Å²) in [4.78, 5) is 0. The van der Waals surface area contributed by atoms with E-state index in [1.807, 2.05) is 19.1 Å². The van der Waals surface area contributed by atoms with Gasteiger partial charge in [-0.15, -0.1) is 0 Å². The number of rotatable bonds is 1. The van der Waals surface area contributed by atoms with Gasteiger partial charge in [0.25, 0.3) is 0 Å². The van der Waals surface area contributed by atoms with Gasteiger partial charge in [0.15, 0.2) is 0 Å². The standard InChI is InChI=1S/C9H7Br3/c1-5(2)6-3-8(11)9(12)4-7(6)10/h3-4H,1H2,2H3. The molecule has 0 N–H and O–H groups in total. The summed E-state index contributed by atoms with van der Waals surface area (Å²) < 4.78 is 3.15. The second kappa shape index (κ2) is 4.07. The Hall–Kier alpha value is 0.400. The van der Waals surface area contributed by atoms with Gasteiger partial charge in [0.2, 0.25) is 0 Å². The summed E-state index contributed by atoms with van der Waals surface area (Å²) in [5.74, 6) is 0. The minimum absolute atomic E-state index is 1.04. The van der Waals surface area contributed by atoms with Crippen molar-refractivity contribution < 1.29 is 0 Å². The first-order valence-electron chi connectivity index (χ1n) is 3.33. The van der Waals surface area contributed by atoms with E-state index in [1.165, 1.54) is 0 Å². The predicted molar refractivity (Wildman–Crippen MR) is 64.3 cm³/mol. The highest BCUT2D eigenvalue weighted by Gasteiger charge is 2.04. The molecule has 0 bridgehead atoms. The summed E-state index contributed by atoms with van der Waals surface area (Å²) in [6.45, 7) is 5.88. The van der Waals surface area contributed by atoms with E-state index in [9.17, 15) is 0 Å². The fourth-order valence-electron chi connectivity index (χ4n) is 0.850. The maximum atomic E-state index is 3.89. The van der Waals surface area contributed by atoms with Crippen LogP contribution in [0.3, 0.4) is 0 Å². The lowest BCUT2D eigenvalue weighted by Gasteiger charge is -2.05. The molecule has 64 valence electrons. The zero-order valence-corrected chi connectivity index (χ0v) is 11.3. The number of benzene rings is 1. The van der Waals surface area contributed by atoms with Crippen molar-refractivity contribution in [2.75, 3.05) is 0 Å². The first-order chi connectivity index (χ1) is 5.52. The number of hydrogen-bond acceptors (Lipinski definition) is 0. The van der Waals surface area contributed by atoms with Crippen molar-refractivity contribution in [3.05, 3.63) is 37.7 Å². The Morgan fingerprint density at radius 2 is 1.58 bits per heavy atom. The highest BCUT2D eigenvalue weighted by atomic mass is 79.9. The van der Waals surface area contributed by atoms with Gasteiger partial charge in [0.05, 0.1) is 0 Å². The van der Waals surface area contributed by atoms with Gasteiger partial charge < -0.3 is 0 Å². The molecular weight excluding hydrogens is 348 g/mol. The SMILES string of the molecule is C=C(C)c1cc(Br)c(Br)cc1Br. The molecule has 0 aromatic heterocycles. The molecule has 3 heteroatoms. The van der Waals surface area contributed by atoms with Crippen LogP contribution in [0.1, 0.15) is 12.5 Å². The van der Waals surface area contributed by atoms with E-state index in [0.717, 1.165) is 24.6 Å². The van der Waals surface area contributed by atoms with E-state index in [1.54, 1.807) is 0 Å². The molecule has 0 radical (unpaired) electrons. The average Bonchev–Trinajstić information content (AvgIpc) is 1.96. The van der Waals surface area contributed by atoms with Crippen LogP contribution < -0.4 is 0 Å². The van der Waals surface area contributed by atoms with Gasteiger partial charge in [-0.05, 0) is 62.1 Å². The van der Waals surface area contributed by atoms with Crippen molar-refractivity contribution in [3.63, 3.8) is 0 Å². The maximum absolute atomic E-state index is 3.89. The van der Waals surface area contributed by atoms with Crippen LogP contribution in [0.5, 0.6) is 0 Å². The van der Waals surface area contributed by atoms with E-state index in [2.05, 4.69) is 54.4 Å². The van der Waals surface area contributed by atoms with E-state index in [0.29, 0.717) is 0 Å². The molecule has 0 saturated carbocycles. The molecule has 0 aliphatic heterocycles. The third-order valence-electron chi connectivity index (χ3n) is 1.47. The molecule has 1 rings (SSSR count). The minimum atomic E-state index is 1.04. The van der Waals surface area contributed by atoms with Crippen LogP contribution in [-0.4, -0.2) is 0 Å². The highest BCUT2D eigenvalue weighted by molar-refractivity contribution is 9.13. The van der Waals surface area contributed by atoms with Gasteiger partial charge in [0, 0.05) is 13.4 Å². The maximum Gasteiger partial charge on any atom is 0.0329 e. The molecule has 0 nitrogen and oxygen atoms in total. The molecule has 0 amide bonds. The quantitative estimate of drug-likeness (QED) is 0.622. The van der Waals surface area contributed by atoms with Crippen LogP contribution >= 0.6 is 47.8 Å². The molecule has 0 atom stereocenters. The highest BCUT2D eigenvalue weighted by Crippen LogP contribution is 2.32. The molecule has 0 unspecified atom stereocenters. The van der Waals surface area contributed by atoms with Crippen LogP contribution in [0.4, 0.5) is 0 Å². The van der Waals surface area contributed by atoms with Crippen LogP contribution in [0.2, 0.25) is 0 Å². The summed E-state index contributed by atoms with van der Waals surface area (Å²) in [6.07, 6.45) is 0. The number of halogens is 3.